The van der Waals surface area contributed by atoms with E-state index in [-0.39, 0.29) is 10.7 Å². The zero-order chi connectivity index (χ0) is 18.4. The summed E-state index contributed by atoms with van der Waals surface area (Å²) in [6.45, 7) is 2.39. The molecule has 0 bridgehead atoms. The van der Waals surface area contributed by atoms with Crippen molar-refractivity contribution in [2.45, 2.75) is 11.8 Å². The van der Waals surface area contributed by atoms with Gasteiger partial charge in [-0.1, -0.05) is 18.2 Å². The van der Waals surface area contributed by atoms with Crippen molar-refractivity contribution >= 4 is 27.2 Å². The summed E-state index contributed by atoms with van der Waals surface area (Å²) in [4.78, 5) is 4.30. The molecule has 1 heterocycles. The van der Waals surface area contributed by atoms with Gasteiger partial charge in [0.05, 0.1) is 23.4 Å². The summed E-state index contributed by atoms with van der Waals surface area (Å²) in [5, 5.41) is 3.19. The fourth-order valence-corrected chi connectivity index (χ4v) is 3.30. The number of pyridine rings is 1. The van der Waals surface area contributed by atoms with Crippen LogP contribution < -0.4 is 14.8 Å². The van der Waals surface area contributed by atoms with Gasteiger partial charge < -0.3 is 10.1 Å². The number of anilines is 3. The fraction of sp³-hybridized carbons (Fsp3) is 0.105. The minimum atomic E-state index is -3.71. The summed E-state index contributed by atoms with van der Waals surface area (Å²) in [7, 11) is -3.71. The molecular formula is C19H19N3O3S. The number of ether oxygens (including phenoxy) is 1. The summed E-state index contributed by atoms with van der Waals surface area (Å²) < 4.78 is 32.7. The van der Waals surface area contributed by atoms with Gasteiger partial charge in [-0.15, -0.1) is 0 Å². The molecule has 0 spiro atoms. The molecule has 3 rings (SSSR count). The Morgan fingerprint density at radius 1 is 0.923 bits per heavy atom. The molecule has 3 aromatic rings. The van der Waals surface area contributed by atoms with Crippen molar-refractivity contribution in [1.29, 1.82) is 0 Å². The Balaban J connectivity index is 1.69. The van der Waals surface area contributed by atoms with E-state index < -0.39 is 10.0 Å². The fourth-order valence-electron chi connectivity index (χ4n) is 2.29. The Morgan fingerprint density at radius 2 is 1.65 bits per heavy atom. The summed E-state index contributed by atoms with van der Waals surface area (Å²) in [6.07, 6.45) is 1.57. The SMILES string of the molecule is CCOc1ccc(S(=O)(=O)Nc2ccc(Nc3ccccc3)cn2)cc1. The maximum Gasteiger partial charge on any atom is 0.263 e. The number of para-hydroxylation sites is 1. The Morgan fingerprint density at radius 3 is 2.27 bits per heavy atom. The zero-order valence-corrected chi connectivity index (χ0v) is 15.0. The number of sulfonamides is 1. The van der Waals surface area contributed by atoms with Crippen molar-refractivity contribution in [3.8, 4) is 5.75 Å². The molecule has 0 atom stereocenters. The highest BCUT2D eigenvalue weighted by Crippen LogP contribution is 2.20. The van der Waals surface area contributed by atoms with Crippen molar-refractivity contribution in [3.05, 3.63) is 72.9 Å². The van der Waals surface area contributed by atoms with Crippen LogP contribution in [0.4, 0.5) is 17.2 Å². The molecule has 0 aliphatic rings. The molecule has 7 heteroatoms. The average Bonchev–Trinajstić information content (AvgIpc) is 2.65. The lowest BCUT2D eigenvalue weighted by atomic mass is 10.3. The van der Waals surface area contributed by atoms with Crippen molar-refractivity contribution in [2.75, 3.05) is 16.6 Å². The van der Waals surface area contributed by atoms with Gasteiger partial charge in [-0.05, 0) is 55.5 Å². The first kappa shape index (κ1) is 17.8. The van der Waals surface area contributed by atoms with Crippen LogP contribution in [0.2, 0.25) is 0 Å². The molecule has 1 aromatic heterocycles. The molecular weight excluding hydrogens is 350 g/mol. The molecule has 0 saturated carbocycles. The predicted octanol–water partition coefficient (Wildman–Crippen LogP) is 4.02. The number of hydrogen-bond donors (Lipinski definition) is 2. The standard InChI is InChI=1S/C19H19N3O3S/c1-2-25-17-9-11-18(12-10-17)26(23,24)22-19-13-8-16(14-20-19)21-15-6-4-3-5-7-15/h3-14,21H,2H2,1H3,(H,20,22). The van der Waals surface area contributed by atoms with Crippen LogP contribution in [0.1, 0.15) is 6.92 Å². The monoisotopic (exact) mass is 369 g/mol. The Hall–Kier alpha value is -3.06. The van der Waals surface area contributed by atoms with Gasteiger partial charge >= 0.3 is 0 Å². The van der Waals surface area contributed by atoms with Crippen molar-refractivity contribution in [1.82, 2.24) is 4.98 Å². The minimum absolute atomic E-state index is 0.147. The number of nitrogens with zero attached hydrogens (tertiary/aromatic N) is 1. The van der Waals surface area contributed by atoms with Gasteiger partial charge in [0.1, 0.15) is 11.6 Å². The maximum atomic E-state index is 12.4. The summed E-state index contributed by atoms with van der Waals surface area (Å²) >= 11 is 0. The molecule has 0 saturated heterocycles. The molecule has 6 nitrogen and oxygen atoms in total. The Kier molecular flexibility index (Phi) is 5.38. The molecule has 2 N–H and O–H groups in total. The first-order valence-corrected chi connectivity index (χ1v) is 9.59. The first-order chi connectivity index (χ1) is 12.6. The van der Waals surface area contributed by atoms with E-state index in [1.54, 1.807) is 30.5 Å². The molecule has 2 aromatic carbocycles. The number of rotatable bonds is 7. The third-order valence-corrected chi connectivity index (χ3v) is 4.88. The van der Waals surface area contributed by atoms with Gasteiger partial charge in [-0.3, -0.25) is 4.72 Å². The van der Waals surface area contributed by atoms with Gasteiger partial charge in [-0.2, -0.15) is 0 Å². The highest BCUT2D eigenvalue weighted by atomic mass is 32.2. The summed E-state index contributed by atoms with van der Waals surface area (Å²) in [6, 6.07) is 19.3. The lowest BCUT2D eigenvalue weighted by Gasteiger charge is -2.10. The topological polar surface area (TPSA) is 80.3 Å². The molecule has 0 fully saturated rings. The normalized spacial score (nSPS) is 11.0. The van der Waals surface area contributed by atoms with Crippen LogP contribution in [0.5, 0.6) is 5.75 Å². The number of aromatic nitrogens is 1. The van der Waals surface area contributed by atoms with Gasteiger partial charge in [0.25, 0.3) is 10.0 Å². The Bertz CT molecular complexity index is 942. The molecule has 0 amide bonds. The van der Waals surface area contributed by atoms with Crippen LogP contribution in [0.15, 0.2) is 77.8 Å². The molecule has 0 aliphatic heterocycles. The van der Waals surface area contributed by atoms with E-state index >= 15 is 0 Å². The van der Waals surface area contributed by atoms with Gasteiger partial charge in [0.15, 0.2) is 0 Å². The van der Waals surface area contributed by atoms with Crippen molar-refractivity contribution < 1.29 is 13.2 Å². The van der Waals surface area contributed by atoms with E-state index in [0.717, 1.165) is 11.4 Å². The maximum absolute atomic E-state index is 12.4. The van der Waals surface area contributed by atoms with Gasteiger partial charge in [-0.25, -0.2) is 13.4 Å². The third-order valence-electron chi connectivity index (χ3n) is 3.51. The van der Waals surface area contributed by atoms with Crippen molar-refractivity contribution in [2.24, 2.45) is 0 Å². The number of hydrogen-bond acceptors (Lipinski definition) is 5. The second-order valence-electron chi connectivity index (χ2n) is 5.43. The average molecular weight is 369 g/mol. The van der Waals surface area contributed by atoms with Crippen LogP contribution in [0, 0.1) is 0 Å². The summed E-state index contributed by atoms with van der Waals surface area (Å²) in [5.74, 6) is 0.874. The number of nitrogens with one attached hydrogen (secondary N) is 2. The van der Waals surface area contributed by atoms with E-state index in [1.807, 2.05) is 37.3 Å². The highest BCUT2D eigenvalue weighted by molar-refractivity contribution is 7.92. The Labute approximate surface area is 152 Å². The second-order valence-corrected chi connectivity index (χ2v) is 7.12. The highest BCUT2D eigenvalue weighted by Gasteiger charge is 2.14. The molecule has 26 heavy (non-hydrogen) atoms. The van der Waals surface area contributed by atoms with E-state index in [9.17, 15) is 8.42 Å². The van der Waals surface area contributed by atoms with Crippen LogP contribution in [-0.4, -0.2) is 20.0 Å². The van der Waals surface area contributed by atoms with Crippen LogP contribution in [0.25, 0.3) is 0 Å². The van der Waals surface area contributed by atoms with Crippen LogP contribution >= 0.6 is 0 Å². The number of benzene rings is 2. The lowest BCUT2D eigenvalue weighted by molar-refractivity contribution is 0.340. The lowest BCUT2D eigenvalue weighted by Crippen LogP contribution is -2.13. The summed E-state index contributed by atoms with van der Waals surface area (Å²) in [5.41, 5.74) is 1.69. The van der Waals surface area contributed by atoms with Crippen LogP contribution in [-0.2, 0) is 10.0 Å². The molecule has 134 valence electrons. The molecule has 0 radical (unpaired) electrons. The smallest absolute Gasteiger partial charge is 0.263 e. The van der Waals surface area contributed by atoms with E-state index in [0.29, 0.717) is 12.4 Å². The van der Waals surface area contributed by atoms with Crippen LogP contribution in [0.3, 0.4) is 0 Å². The third kappa shape index (κ3) is 4.52. The van der Waals surface area contributed by atoms with E-state index in [2.05, 4.69) is 15.0 Å². The van der Waals surface area contributed by atoms with Crippen molar-refractivity contribution in [3.63, 3.8) is 0 Å². The zero-order valence-electron chi connectivity index (χ0n) is 14.2. The molecule has 0 aliphatic carbocycles. The van der Waals surface area contributed by atoms with Gasteiger partial charge in [0, 0.05) is 5.69 Å². The van der Waals surface area contributed by atoms with E-state index in [4.69, 9.17) is 4.74 Å². The largest absolute Gasteiger partial charge is 0.494 e. The van der Waals surface area contributed by atoms with E-state index in [1.165, 1.54) is 12.1 Å². The second kappa shape index (κ2) is 7.88. The molecule has 0 unspecified atom stereocenters. The quantitative estimate of drug-likeness (QED) is 0.657. The first-order valence-electron chi connectivity index (χ1n) is 8.10. The minimum Gasteiger partial charge on any atom is -0.494 e. The predicted molar refractivity (Wildman–Crippen MR) is 102 cm³/mol. The van der Waals surface area contributed by atoms with Gasteiger partial charge in [0.2, 0.25) is 0 Å².